The fourth-order valence-corrected chi connectivity index (χ4v) is 6.93. The van der Waals surface area contributed by atoms with Gasteiger partial charge in [0.2, 0.25) is 5.91 Å². The minimum atomic E-state index is -0.431. The molecule has 0 spiro atoms. The molecule has 4 aromatic rings. The second-order valence-electron chi connectivity index (χ2n) is 10.0. The van der Waals surface area contributed by atoms with E-state index in [4.69, 9.17) is 14.5 Å². The molecule has 39 heavy (non-hydrogen) atoms. The molecule has 1 atom stereocenters. The number of anilines is 2. The van der Waals surface area contributed by atoms with Crippen LogP contribution in [0.4, 0.5) is 11.5 Å². The zero-order valence-electron chi connectivity index (χ0n) is 22.4. The molecule has 1 aliphatic carbocycles. The van der Waals surface area contributed by atoms with Crippen LogP contribution in [0.1, 0.15) is 34.9 Å². The fourth-order valence-electron chi connectivity index (χ4n) is 5.70. The number of ether oxygens (including phenoxy) is 2. The number of nitrogens with one attached hydrogen (secondary N) is 1. The Morgan fingerprint density at radius 3 is 2.26 bits per heavy atom. The van der Waals surface area contributed by atoms with Crippen molar-refractivity contribution in [2.75, 3.05) is 50.6 Å². The van der Waals surface area contributed by atoms with Gasteiger partial charge in [0.25, 0.3) is 0 Å². The summed E-state index contributed by atoms with van der Waals surface area (Å²) in [6.45, 7) is 3.06. The number of aryl methyl sites for hydroxylation is 2. The van der Waals surface area contributed by atoms with Gasteiger partial charge in [-0.3, -0.25) is 9.69 Å². The second-order valence-corrected chi connectivity index (χ2v) is 11.1. The van der Waals surface area contributed by atoms with E-state index < -0.39 is 6.04 Å². The number of rotatable bonds is 7. The number of amides is 1. The van der Waals surface area contributed by atoms with E-state index in [2.05, 4.69) is 20.1 Å². The first-order valence-corrected chi connectivity index (χ1v) is 14.3. The molecule has 1 fully saturated rings. The molecule has 202 valence electrons. The van der Waals surface area contributed by atoms with Crippen LogP contribution < -0.4 is 19.7 Å². The zero-order valence-corrected chi connectivity index (χ0v) is 23.2. The molecule has 1 saturated heterocycles. The Hall–Kier alpha value is -3.69. The van der Waals surface area contributed by atoms with Gasteiger partial charge in [0.05, 0.1) is 19.6 Å². The van der Waals surface area contributed by atoms with Crippen molar-refractivity contribution in [3.05, 3.63) is 70.9 Å². The van der Waals surface area contributed by atoms with Crippen molar-refractivity contribution >= 4 is 39.0 Å². The molecule has 1 unspecified atom stereocenters. The molecule has 8 nitrogen and oxygen atoms in total. The van der Waals surface area contributed by atoms with E-state index >= 15 is 0 Å². The quantitative estimate of drug-likeness (QED) is 0.348. The normalized spacial score (nSPS) is 16.5. The molecular weight excluding hydrogens is 510 g/mol. The van der Waals surface area contributed by atoms with Gasteiger partial charge in [-0.25, -0.2) is 9.97 Å². The number of hydrogen-bond acceptors (Lipinski definition) is 8. The summed E-state index contributed by atoms with van der Waals surface area (Å²) in [6, 6.07) is 14.8. The number of benzene rings is 2. The summed E-state index contributed by atoms with van der Waals surface area (Å²) in [4.78, 5) is 30.3. The SMILES string of the molecule is COc1ccc(NC(=O)C(c2ccc(OC)cc2)N2CCN(c3ncnc4sc5c(c34)CCCC5)CC2)cc1. The van der Waals surface area contributed by atoms with E-state index in [1.807, 2.05) is 59.9 Å². The minimum Gasteiger partial charge on any atom is -0.497 e. The van der Waals surface area contributed by atoms with E-state index in [1.165, 1.54) is 28.7 Å². The van der Waals surface area contributed by atoms with Crippen molar-refractivity contribution < 1.29 is 14.3 Å². The van der Waals surface area contributed by atoms with Gasteiger partial charge in [-0.05, 0) is 73.2 Å². The first-order chi connectivity index (χ1) is 19.1. The van der Waals surface area contributed by atoms with Crippen LogP contribution in [0, 0.1) is 0 Å². The average molecular weight is 544 g/mol. The van der Waals surface area contributed by atoms with Crippen molar-refractivity contribution in [3.63, 3.8) is 0 Å². The number of methoxy groups -OCH3 is 2. The standard InChI is InChI=1S/C30H33N5O3S/c1-37-22-11-7-20(8-12-22)27(29(36)33-21-9-13-23(38-2)14-10-21)34-15-17-35(18-16-34)28-26-24-5-3-4-6-25(24)39-30(26)32-19-31-28/h7-14,19,27H,3-6,15-18H2,1-2H3,(H,33,36). The van der Waals surface area contributed by atoms with Gasteiger partial charge in [-0.1, -0.05) is 12.1 Å². The maximum atomic E-state index is 13.7. The van der Waals surface area contributed by atoms with Crippen LogP contribution >= 0.6 is 11.3 Å². The number of fused-ring (bicyclic) bond motifs is 3. The summed E-state index contributed by atoms with van der Waals surface area (Å²) in [6.07, 6.45) is 6.45. The number of piperazine rings is 1. The number of thiophene rings is 1. The molecule has 1 amide bonds. The lowest BCUT2D eigenvalue weighted by Crippen LogP contribution is -2.50. The van der Waals surface area contributed by atoms with Crippen molar-refractivity contribution in [2.24, 2.45) is 0 Å². The molecule has 2 aliphatic rings. The Kier molecular flexibility index (Phi) is 7.34. The lowest BCUT2D eigenvalue weighted by molar-refractivity contribution is -0.121. The summed E-state index contributed by atoms with van der Waals surface area (Å²) in [5.74, 6) is 2.50. The Bertz CT molecular complexity index is 1450. The smallest absolute Gasteiger partial charge is 0.246 e. The van der Waals surface area contributed by atoms with E-state index in [-0.39, 0.29) is 5.91 Å². The zero-order chi connectivity index (χ0) is 26.8. The van der Waals surface area contributed by atoms with Gasteiger partial charge >= 0.3 is 0 Å². The molecule has 3 heterocycles. The third-order valence-corrected chi connectivity index (χ3v) is 8.95. The molecular formula is C30H33N5O3S. The summed E-state index contributed by atoms with van der Waals surface area (Å²) in [5, 5.41) is 4.36. The van der Waals surface area contributed by atoms with Crippen LogP contribution in [0.15, 0.2) is 54.9 Å². The van der Waals surface area contributed by atoms with Gasteiger partial charge in [0, 0.05) is 36.7 Å². The van der Waals surface area contributed by atoms with Crippen LogP contribution in [0.2, 0.25) is 0 Å². The van der Waals surface area contributed by atoms with E-state index in [1.54, 1.807) is 20.5 Å². The molecule has 9 heteroatoms. The summed E-state index contributed by atoms with van der Waals surface area (Å²) >= 11 is 1.83. The second kappa shape index (κ2) is 11.2. The van der Waals surface area contributed by atoms with Crippen LogP contribution in [0.5, 0.6) is 11.5 Å². The third kappa shape index (κ3) is 5.16. The third-order valence-electron chi connectivity index (χ3n) is 7.75. The number of nitrogens with zero attached hydrogens (tertiary/aromatic N) is 4. The van der Waals surface area contributed by atoms with Gasteiger partial charge < -0.3 is 19.7 Å². The summed E-state index contributed by atoms with van der Waals surface area (Å²) in [5.41, 5.74) is 3.13. The maximum absolute atomic E-state index is 13.7. The Morgan fingerprint density at radius 1 is 0.897 bits per heavy atom. The van der Waals surface area contributed by atoms with Gasteiger partial charge in [-0.15, -0.1) is 11.3 Å². The minimum absolute atomic E-state index is 0.0601. The number of hydrogen-bond donors (Lipinski definition) is 1. The van der Waals surface area contributed by atoms with E-state index in [0.29, 0.717) is 0 Å². The highest BCUT2D eigenvalue weighted by atomic mass is 32.1. The summed E-state index contributed by atoms with van der Waals surface area (Å²) in [7, 11) is 3.28. The van der Waals surface area contributed by atoms with Crippen LogP contribution in [0.25, 0.3) is 10.2 Å². The first kappa shape index (κ1) is 25.6. The van der Waals surface area contributed by atoms with Crippen LogP contribution in [-0.4, -0.2) is 61.2 Å². The predicted molar refractivity (Wildman–Crippen MR) is 155 cm³/mol. The highest BCUT2D eigenvalue weighted by Gasteiger charge is 2.32. The number of aromatic nitrogens is 2. The van der Waals surface area contributed by atoms with Gasteiger partial charge in [-0.2, -0.15) is 0 Å². The Morgan fingerprint density at radius 2 is 1.56 bits per heavy atom. The van der Waals surface area contributed by atoms with Gasteiger partial charge in [0.1, 0.15) is 34.5 Å². The number of carbonyl (C=O) groups excluding carboxylic acids is 1. The molecule has 1 N–H and O–H groups in total. The van der Waals surface area contributed by atoms with E-state index in [0.717, 1.165) is 72.4 Å². The molecule has 2 aromatic heterocycles. The van der Waals surface area contributed by atoms with Crippen molar-refractivity contribution in [3.8, 4) is 11.5 Å². The first-order valence-electron chi connectivity index (χ1n) is 13.5. The fraction of sp³-hybridized carbons (Fsp3) is 0.367. The van der Waals surface area contributed by atoms with Crippen molar-refractivity contribution in [1.82, 2.24) is 14.9 Å². The highest BCUT2D eigenvalue weighted by molar-refractivity contribution is 7.19. The predicted octanol–water partition coefficient (Wildman–Crippen LogP) is 5.09. The van der Waals surface area contributed by atoms with Crippen LogP contribution in [0.3, 0.4) is 0 Å². The summed E-state index contributed by atoms with van der Waals surface area (Å²) < 4.78 is 10.6. The largest absolute Gasteiger partial charge is 0.497 e. The topological polar surface area (TPSA) is 79.8 Å². The van der Waals surface area contributed by atoms with Crippen LogP contribution in [-0.2, 0) is 17.6 Å². The average Bonchev–Trinajstić information content (AvgIpc) is 3.37. The van der Waals surface area contributed by atoms with Crippen molar-refractivity contribution in [2.45, 2.75) is 31.7 Å². The molecule has 0 bridgehead atoms. The van der Waals surface area contributed by atoms with Gasteiger partial charge in [0.15, 0.2) is 0 Å². The highest BCUT2D eigenvalue weighted by Crippen LogP contribution is 2.39. The molecule has 6 rings (SSSR count). The Balaban J connectivity index is 1.24. The maximum Gasteiger partial charge on any atom is 0.246 e. The molecule has 0 radical (unpaired) electrons. The molecule has 1 aliphatic heterocycles. The Labute approximate surface area is 232 Å². The lowest BCUT2D eigenvalue weighted by Gasteiger charge is -2.39. The monoisotopic (exact) mass is 543 g/mol. The molecule has 2 aromatic carbocycles. The van der Waals surface area contributed by atoms with E-state index in [9.17, 15) is 4.79 Å². The molecule has 0 saturated carbocycles. The lowest BCUT2D eigenvalue weighted by atomic mass is 9.97. The number of carbonyl (C=O) groups is 1. The van der Waals surface area contributed by atoms with Crippen molar-refractivity contribution in [1.29, 1.82) is 0 Å².